The number of aliphatic hydroxyl groups excluding tert-OH is 1. The molecular formula is C24H34IN3O4. The smallest absolute Gasteiger partial charge is 0.191 e. The van der Waals surface area contributed by atoms with Crippen molar-refractivity contribution in [1.29, 1.82) is 0 Å². The quantitative estimate of drug-likeness (QED) is 0.248. The molecule has 2 aromatic rings. The van der Waals surface area contributed by atoms with Crippen LogP contribution in [0.15, 0.2) is 41.4 Å². The standard InChI is InChI=1S/C24H33N3O4.HI/c1-5-25-24(27-15-21(28)17-7-9-20(29-4)10-8-17)26-14-19-13-23-18(11-16(3)31-23)12-22(19)30-6-2;/h7-10,12-13,16,21,28H,5-6,11,14-15H2,1-4H3,(H2,25,26,27);1H. The number of hydrogen-bond donors (Lipinski definition) is 3. The van der Waals surface area contributed by atoms with Crippen molar-refractivity contribution in [3.8, 4) is 17.2 Å². The number of hydrogen-bond acceptors (Lipinski definition) is 5. The van der Waals surface area contributed by atoms with E-state index in [0.717, 1.165) is 34.8 Å². The van der Waals surface area contributed by atoms with E-state index in [0.29, 0.717) is 32.2 Å². The first-order valence-corrected chi connectivity index (χ1v) is 10.8. The van der Waals surface area contributed by atoms with E-state index < -0.39 is 6.10 Å². The summed E-state index contributed by atoms with van der Waals surface area (Å²) in [5.41, 5.74) is 2.96. The van der Waals surface area contributed by atoms with Crippen LogP contribution in [0.1, 0.15) is 43.6 Å². The Bertz CT molecular complexity index is 890. The summed E-state index contributed by atoms with van der Waals surface area (Å²) in [6, 6.07) is 11.5. The zero-order chi connectivity index (χ0) is 22.2. The first-order valence-electron chi connectivity index (χ1n) is 10.8. The van der Waals surface area contributed by atoms with E-state index in [1.807, 2.05) is 44.2 Å². The Labute approximate surface area is 207 Å². The molecule has 0 saturated heterocycles. The number of guanidine groups is 1. The number of rotatable bonds is 9. The highest BCUT2D eigenvalue weighted by Crippen LogP contribution is 2.35. The Morgan fingerprint density at radius 1 is 1.22 bits per heavy atom. The van der Waals surface area contributed by atoms with E-state index >= 15 is 0 Å². The fourth-order valence-electron chi connectivity index (χ4n) is 3.54. The fraction of sp³-hybridized carbons (Fsp3) is 0.458. The Morgan fingerprint density at radius 3 is 2.62 bits per heavy atom. The maximum atomic E-state index is 10.5. The van der Waals surface area contributed by atoms with Gasteiger partial charge >= 0.3 is 0 Å². The van der Waals surface area contributed by atoms with Crippen LogP contribution in [0.5, 0.6) is 17.2 Å². The van der Waals surface area contributed by atoms with Crippen LogP contribution in [-0.2, 0) is 13.0 Å². The molecule has 3 rings (SSSR count). The molecule has 0 fully saturated rings. The molecule has 2 aromatic carbocycles. The fourth-order valence-corrected chi connectivity index (χ4v) is 3.54. The summed E-state index contributed by atoms with van der Waals surface area (Å²) in [6.45, 7) is 8.14. The third-order valence-corrected chi connectivity index (χ3v) is 5.09. The number of nitrogens with zero attached hydrogens (tertiary/aromatic N) is 1. The molecule has 0 radical (unpaired) electrons. The lowest BCUT2D eigenvalue weighted by Crippen LogP contribution is -2.39. The van der Waals surface area contributed by atoms with E-state index in [1.165, 1.54) is 5.56 Å². The number of fused-ring (bicyclic) bond motifs is 1. The minimum atomic E-state index is -0.663. The van der Waals surface area contributed by atoms with Gasteiger partial charge in [0.05, 0.1) is 26.4 Å². The molecule has 32 heavy (non-hydrogen) atoms. The molecule has 3 N–H and O–H groups in total. The molecule has 0 bridgehead atoms. The average Bonchev–Trinajstić information content (AvgIpc) is 3.14. The van der Waals surface area contributed by atoms with Crippen molar-refractivity contribution in [3.63, 3.8) is 0 Å². The second-order valence-electron chi connectivity index (χ2n) is 7.50. The summed E-state index contributed by atoms with van der Waals surface area (Å²) in [5, 5.41) is 16.9. The second-order valence-corrected chi connectivity index (χ2v) is 7.50. The van der Waals surface area contributed by atoms with Crippen molar-refractivity contribution in [2.24, 2.45) is 4.99 Å². The molecule has 1 aliphatic rings. The van der Waals surface area contributed by atoms with Crippen molar-refractivity contribution in [2.45, 2.75) is 45.9 Å². The van der Waals surface area contributed by atoms with Gasteiger partial charge in [0.25, 0.3) is 0 Å². The maximum absolute atomic E-state index is 10.5. The predicted molar refractivity (Wildman–Crippen MR) is 138 cm³/mol. The summed E-state index contributed by atoms with van der Waals surface area (Å²) in [5.74, 6) is 3.15. The highest BCUT2D eigenvalue weighted by Gasteiger charge is 2.21. The van der Waals surface area contributed by atoms with Crippen LogP contribution < -0.4 is 24.8 Å². The van der Waals surface area contributed by atoms with Gasteiger partial charge in [0.1, 0.15) is 23.4 Å². The third kappa shape index (κ3) is 6.90. The lowest BCUT2D eigenvalue weighted by Gasteiger charge is -2.16. The summed E-state index contributed by atoms with van der Waals surface area (Å²) in [7, 11) is 1.62. The Kier molecular flexibility index (Phi) is 10.4. The van der Waals surface area contributed by atoms with Gasteiger partial charge in [-0.1, -0.05) is 12.1 Å². The molecule has 0 aromatic heterocycles. The van der Waals surface area contributed by atoms with Gasteiger partial charge in [-0.05, 0) is 50.6 Å². The SMILES string of the molecule is CCNC(=NCc1cc2c(cc1OCC)CC(C)O2)NCC(O)c1ccc(OC)cc1.I. The third-order valence-electron chi connectivity index (χ3n) is 5.09. The minimum Gasteiger partial charge on any atom is -0.497 e. The number of ether oxygens (including phenoxy) is 3. The van der Waals surface area contributed by atoms with Gasteiger partial charge in [0.2, 0.25) is 0 Å². The summed E-state index contributed by atoms with van der Waals surface area (Å²) >= 11 is 0. The van der Waals surface area contributed by atoms with E-state index in [1.54, 1.807) is 7.11 Å². The van der Waals surface area contributed by atoms with E-state index in [-0.39, 0.29) is 30.1 Å². The monoisotopic (exact) mass is 555 g/mol. The summed E-state index contributed by atoms with van der Waals surface area (Å²) < 4.78 is 16.9. The normalized spacial score (nSPS) is 15.8. The molecule has 2 atom stereocenters. The number of aliphatic hydroxyl groups is 1. The maximum Gasteiger partial charge on any atom is 0.191 e. The van der Waals surface area contributed by atoms with E-state index in [9.17, 15) is 5.11 Å². The van der Waals surface area contributed by atoms with Gasteiger partial charge in [-0.25, -0.2) is 4.99 Å². The number of halogens is 1. The summed E-state index contributed by atoms with van der Waals surface area (Å²) in [6.07, 6.45) is 0.414. The van der Waals surface area contributed by atoms with Crippen molar-refractivity contribution < 1.29 is 19.3 Å². The number of nitrogens with one attached hydrogen (secondary N) is 2. The molecule has 2 unspecified atom stereocenters. The van der Waals surface area contributed by atoms with Crippen LogP contribution in [0.3, 0.4) is 0 Å². The van der Waals surface area contributed by atoms with Crippen molar-refractivity contribution in [3.05, 3.63) is 53.1 Å². The van der Waals surface area contributed by atoms with E-state index in [4.69, 9.17) is 19.2 Å². The number of aliphatic imine (C=N–C) groups is 1. The van der Waals surface area contributed by atoms with Crippen LogP contribution in [-0.4, -0.2) is 44.0 Å². The topological polar surface area (TPSA) is 84.3 Å². The molecule has 0 aliphatic carbocycles. The second kappa shape index (κ2) is 12.7. The molecule has 1 heterocycles. The zero-order valence-electron chi connectivity index (χ0n) is 19.2. The van der Waals surface area contributed by atoms with Crippen LogP contribution >= 0.6 is 24.0 Å². The molecule has 8 heteroatoms. The lowest BCUT2D eigenvalue weighted by atomic mass is 10.1. The van der Waals surface area contributed by atoms with Gasteiger partial charge in [-0.2, -0.15) is 0 Å². The van der Waals surface area contributed by atoms with Crippen molar-refractivity contribution in [1.82, 2.24) is 10.6 Å². The zero-order valence-corrected chi connectivity index (χ0v) is 21.5. The highest BCUT2D eigenvalue weighted by atomic mass is 127. The first-order chi connectivity index (χ1) is 15.0. The van der Waals surface area contributed by atoms with Crippen molar-refractivity contribution in [2.75, 3.05) is 26.8 Å². The molecule has 7 nitrogen and oxygen atoms in total. The molecule has 0 saturated carbocycles. The van der Waals surface area contributed by atoms with Gasteiger partial charge in [-0.15, -0.1) is 24.0 Å². The number of methoxy groups -OCH3 is 1. The Morgan fingerprint density at radius 2 is 1.97 bits per heavy atom. The van der Waals surface area contributed by atoms with Crippen LogP contribution in [0.2, 0.25) is 0 Å². The Balaban J connectivity index is 0.00000363. The molecule has 0 amide bonds. The van der Waals surface area contributed by atoms with Crippen LogP contribution in [0.25, 0.3) is 0 Å². The average molecular weight is 555 g/mol. The largest absolute Gasteiger partial charge is 0.497 e. The minimum absolute atomic E-state index is 0. The molecule has 0 spiro atoms. The number of benzene rings is 2. The van der Waals surface area contributed by atoms with Crippen molar-refractivity contribution >= 4 is 29.9 Å². The Hall–Kier alpha value is -2.20. The summed E-state index contributed by atoms with van der Waals surface area (Å²) in [4.78, 5) is 4.69. The van der Waals surface area contributed by atoms with Gasteiger partial charge in [0, 0.05) is 30.6 Å². The van der Waals surface area contributed by atoms with Crippen LogP contribution in [0.4, 0.5) is 0 Å². The van der Waals surface area contributed by atoms with Gasteiger partial charge < -0.3 is 30.0 Å². The molecular weight excluding hydrogens is 521 g/mol. The predicted octanol–water partition coefficient (Wildman–Crippen LogP) is 3.82. The van der Waals surface area contributed by atoms with Gasteiger partial charge in [0.15, 0.2) is 5.96 Å². The lowest BCUT2D eigenvalue weighted by molar-refractivity contribution is 0.180. The molecule has 176 valence electrons. The molecule has 1 aliphatic heterocycles. The highest BCUT2D eigenvalue weighted by molar-refractivity contribution is 14.0. The van der Waals surface area contributed by atoms with E-state index in [2.05, 4.69) is 23.6 Å². The van der Waals surface area contributed by atoms with Gasteiger partial charge in [-0.3, -0.25) is 0 Å². The first kappa shape index (κ1) is 26.1. The van der Waals surface area contributed by atoms with Crippen LogP contribution in [0, 0.1) is 0 Å².